The van der Waals surface area contributed by atoms with Gasteiger partial charge in [0.05, 0.1) is 24.3 Å². The third-order valence-electron chi connectivity index (χ3n) is 3.12. The van der Waals surface area contributed by atoms with Gasteiger partial charge in [0.1, 0.15) is 16.4 Å². The molecule has 0 amide bonds. The van der Waals surface area contributed by atoms with Crippen molar-refractivity contribution in [3.8, 4) is 11.5 Å². The summed E-state index contributed by atoms with van der Waals surface area (Å²) >= 11 is 12.0. The molecule has 2 aromatic rings. The van der Waals surface area contributed by atoms with Gasteiger partial charge in [-0.3, -0.25) is 0 Å². The highest BCUT2D eigenvalue weighted by atomic mass is 35.5. The van der Waals surface area contributed by atoms with Gasteiger partial charge in [0.2, 0.25) is 10.0 Å². The summed E-state index contributed by atoms with van der Waals surface area (Å²) in [6, 6.07) is 9.67. The van der Waals surface area contributed by atoms with Gasteiger partial charge in [-0.25, -0.2) is 13.1 Å². The molecule has 8 heteroatoms. The van der Waals surface area contributed by atoms with Crippen LogP contribution in [0.4, 0.5) is 0 Å². The lowest BCUT2D eigenvalue weighted by atomic mass is 10.2. The van der Waals surface area contributed by atoms with Crippen LogP contribution < -0.4 is 14.2 Å². The van der Waals surface area contributed by atoms with Crippen LogP contribution in [0.2, 0.25) is 10.0 Å². The molecule has 23 heavy (non-hydrogen) atoms. The van der Waals surface area contributed by atoms with Crippen LogP contribution in [0.25, 0.3) is 0 Å². The van der Waals surface area contributed by atoms with Crippen molar-refractivity contribution in [2.45, 2.75) is 11.4 Å². The van der Waals surface area contributed by atoms with Crippen molar-refractivity contribution >= 4 is 33.2 Å². The van der Waals surface area contributed by atoms with Gasteiger partial charge in [-0.15, -0.1) is 0 Å². The van der Waals surface area contributed by atoms with Crippen LogP contribution in [0.5, 0.6) is 11.5 Å². The van der Waals surface area contributed by atoms with E-state index in [1.807, 2.05) is 0 Å². The molecule has 0 saturated heterocycles. The van der Waals surface area contributed by atoms with Crippen LogP contribution in [0.1, 0.15) is 5.56 Å². The highest BCUT2D eigenvalue weighted by molar-refractivity contribution is 7.89. The van der Waals surface area contributed by atoms with Gasteiger partial charge >= 0.3 is 0 Å². The van der Waals surface area contributed by atoms with E-state index in [4.69, 9.17) is 32.7 Å². The SMILES string of the molecule is COc1ccc(CNS(=O)(=O)c2cc(Cl)c(OC)cc2Cl)cc1. The molecule has 2 rings (SSSR count). The number of benzene rings is 2. The fraction of sp³-hybridized carbons (Fsp3) is 0.200. The maximum atomic E-state index is 12.4. The summed E-state index contributed by atoms with van der Waals surface area (Å²) in [7, 11) is -0.819. The molecular formula is C15H15Cl2NO4S. The predicted molar refractivity (Wildman–Crippen MR) is 90.0 cm³/mol. The Labute approximate surface area is 145 Å². The van der Waals surface area contributed by atoms with E-state index >= 15 is 0 Å². The van der Waals surface area contributed by atoms with Gasteiger partial charge in [0.15, 0.2) is 0 Å². The Bertz CT molecular complexity index is 792. The summed E-state index contributed by atoms with van der Waals surface area (Å²) in [6.07, 6.45) is 0. The Morgan fingerprint density at radius 2 is 1.65 bits per heavy atom. The largest absolute Gasteiger partial charge is 0.497 e. The third kappa shape index (κ3) is 4.29. The van der Waals surface area contributed by atoms with Gasteiger partial charge in [0.25, 0.3) is 0 Å². The maximum absolute atomic E-state index is 12.4. The standard InChI is InChI=1S/C15H15Cl2NO4S/c1-21-11-5-3-10(4-6-11)9-18-23(19,20)15-8-12(16)14(22-2)7-13(15)17/h3-8,18H,9H2,1-2H3. The summed E-state index contributed by atoms with van der Waals surface area (Å²) in [5, 5.41) is 0.204. The molecule has 5 nitrogen and oxygen atoms in total. The van der Waals surface area contributed by atoms with Gasteiger partial charge < -0.3 is 9.47 Å². The molecule has 0 fully saturated rings. The van der Waals surface area contributed by atoms with Crippen molar-refractivity contribution in [3.05, 3.63) is 52.0 Å². The molecule has 0 aromatic heterocycles. The van der Waals surface area contributed by atoms with E-state index in [2.05, 4.69) is 4.72 Å². The monoisotopic (exact) mass is 375 g/mol. The fourth-order valence-electron chi connectivity index (χ4n) is 1.87. The molecule has 1 N–H and O–H groups in total. The molecule has 0 saturated carbocycles. The third-order valence-corrected chi connectivity index (χ3v) is 5.28. The maximum Gasteiger partial charge on any atom is 0.242 e. The predicted octanol–water partition coefficient (Wildman–Crippen LogP) is 3.49. The lowest BCUT2D eigenvalue weighted by Crippen LogP contribution is -2.23. The minimum absolute atomic E-state index is 0.0356. The van der Waals surface area contributed by atoms with Crippen molar-refractivity contribution < 1.29 is 17.9 Å². The number of hydrogen-bond acceptors (Lipinski definition) is 4. The second-order valence-electron chi connectivity index (χ2n) is 4.59. The Morgan fingerprint density at radius 1 is 1.00 bits per heavy atom. The van der Waals surface area contributed by atoms with E-state index in [1.54, 1.807) is 31.4 Å². The van der Waals surface area contributed by atoms with Gasteiger partial charge in [-0.05, 0) is 23.8 Å². The first-order valence-corrected chi connectivity index (χ1v) is 8.77. The highest BCUT2D eigenvalue weighted by Gasteiger charge is 2.20. The molecule has 0 atom stereocenters. The second-order valence-corrected chi connectivity index (χ2v) is 7.14. The summed E-state index contributed by atoms with van der Waals surface area (Å²) < 4.78 is 37.3. The Balaban J connectivity index is 2.20. The summed E-state index contributed by atoms with van der Waals surface area (Å²) in [4.78, 5) is -0.0986. The van der Waals surface area contributed by atoms with Crippen LogP contribution in [0, 0.1) is 0 Å². The Kier molecular flexibility index (Phi) is 5.75. The van der Waals surface area contributed by atoms with E-state index in [1.165, 1.54) is 19.2 Å². The first kappa shape index (κ1) is 17.9. The molecular weight excluding hydrogens is 361 g/mol. The van der Waals surface area contributed by atoms with Crippen molar-refractivity contribution in [2.75, 3.05) is 14.2 Å². The zero-order chi connectivity index (χ0) is 17.0. The highest BCUT2D eigenvalue weighted by Crippen LogP contribution is 2.33. The average molecular weight is 376 g/mol. The molecule has 0 bridgehead atoms. The first-order chi connectivity index (χ1) is 10.9. The number of hydrogen-bond donors (Lipinski definition) is 1. The van der Waals surface area contributed by atoms with Crippen LogP contribution in [0.3, 0.4) is 0 Å². The number of halogens is 2. The van der Waals surface area contributed by atoms with E-state index in [0.717, 1.165) is 5.56 Å². The zero-order valence-corrected chi connectivity index (χ0v) is 14.8. The van der Waals surface area contributed by atoms with Crippen LogP contribution in [-0.4, -0.2) is 22.6 Å². The lowest BCUT2D eigenvalue weighted by Gasteiger charge is -2.11. The first-order valence-electron chi connectivity index (χ1n) is 6.53. The quantitative estimate of drug-likeness (QED) is 0.838. The van der Waals surface area contributed by atoms with Gasteiger partial charge in [0, 0.05) is 12.6 Å². The molecule has 0 heterocycles. The van der Waals surface area contributed by atoms with Crippen molar-refractivity contribution in [2.24, 2.45) is 0 Å². The normalized spacial score (nSPS) is 11.3. The van der Waals surface area contributed by atoms with Crippen LogP contribution in [0.15, 0.2) is 41.3 Å². The molecule has 0 unspecified atom stereocenters. The number of sulfonamides is 1. The topological polar surface area (TPSA) is 64.6 Å². The number of methoxy groups -OCH3 is 2. The van der Waals surface area contributed by atoms with Crippen molar-refractivity contribution in [3.63, 3.8) is 0 Å². The van der Waals surface area contributed by atoms with E-state index in [9.17, 15) is 8.42 Å². The second kappa shape index (κ2) is 7.40. The van der Waals surface area contributed by atoms with E-state index < -0.39 is 10.0 Å². The fourth-order valence-corrected chi connectivity index (χ4v) is 3.74. The van der Waals surface area contributed by atoms with Crippen molar-refractivity contribution in [1.82, 2.24) is 4.72 Å². The lowest BCUT2D eigenvalue weighted by molar-refractivity contribution is 0.414. The smallest absolute Gasteiger partial charge is 0.242 e. The molecule has 0 radical (unpaired) electrons. The molecule has 124 valence electrons. The summed E-state index contributed by atoms with van der Waals surface area (Å²) in [6.45, 7) is 0.117. The summed E-state index contributed by atoms with van der Waals surface area (Å²) in [5.41, 5.74) is 0.783. The van der Waals surface area contributed by atoms with Gasteiger partial charge in [-0.2, -0.15) is 0 Å². The van der Waals surface area contributed by atoms with Gasteiger partial charge in [-0.1, -0.05) is 35.3 Å². The average Bonchev–Trinajstić information content (AvgIpc) is 2.55. The number of nitrogens with one attached hydrogen (secondary N) is 1. The minimum Gasteiger partial charge on any atom is -0.497 e. The van der Waals surface area contributed by atoms with E-state index in [0.29, 0.717) is 11.5 Å². The van der Waals surface area contributed by atoms with Crippen molar-refractivity contribution in [1.29, 1.82) is 0 Å². The molecule has 0 aliphatic carbocycles. The molecule has 0 aliphatic rings. The molecule has 0 aliphatic heterocycles. The molecule has 0 spiro atoms. The Morgan fingerprint density at radius 3 is 2.22 bits per heavy atom. The zero-order valence-electron chi connectivity index (χ0n) is 12.5. The summed E-state index contributed by atoms with van der Waals surface area (Å²) in [5.74, 6) is 1.01. The number of ether oxygens (including phenoxy) is 2. The molecule has 2 aromatic carbocycles. The Hall–Kier alpha value is -1.47. The number of rotatable bonds is 6. The van der Waals surface area contributed by atoms with Crippen LogP contribution >= 0.6 is 23.2 Å². The van der Waals surface area contributed by atoms with Crippen LogP contribution in [-0.2, 0) is 16.6 Å². The minimum atomic E-state index is -3.81. The van der Waals surface area contributed by atoms with E-state index in [-0.39, 0.29) is 21.5 Å².